The molecule has 0 saturated carbocycles. The van der Waals surface area contributed by atoms with Crippen LogP contribution >= 0.6 is 11.6 Å². The van der Waals surface area contributed by atoms with Gasteiger partial charge in [-0.05, 0) is 30.3 Å². The van der Waals surface area contributed by atoms with E-state index in [1.807, 2.05) is 30.3 Å². The van der Waals surface area contributed by atoms with Gasteiger partial charge in [0.1, 0.15) is 5.52 Å². The van der Waals surface area contributed by atoms with Crippen LogP contribution in [0.15, 0.2) is 65.5 Å². The number of aromatic nitrogens is 4. The third-order valence-corrected chi connectivity index (χ3v) is 4.24. The molecule has 0 radical (unpaired) electrons. The molecule has 0 spiro atoms. The Hall–Kier alpha value is -3.45. The summed E-state index contributed by atoms with van der Waals surface area (Å²) in [5, 5.41) is 14.2. The van der Waals surface area contributed by atoms with E-state index in [4.69, 9.17) is 11.6 Å². The summed E-state index contributed by atoms with van der Waals surface area (Å²) in [7, 11) is 0. The van der Waals surface area contributed by atoms with E-state index in [-0.39, 0.29) is 17.9 Å². The molecule has 4 aromatic rings. The average molecular weight is 380 g/mol. The van der Waals surface area contributed by atoms with Crippen LogP contribution < -0.4 is 10.9 Å². The second-order valence-electron chi connectivity index (χ2n) is 5.89. The van der Waals surface area contributed by atoms with Gasteiger partial charge in [0.25, 0.3) is 5.56 Å². The zero-order valence-corrected chi connectivity index (χ0v) is 14.8. The standard InChI is InChI=1S/C19H14ClN5O2/c20-13-6-8-14(9-7-13)21-18(26)11-17-22-23-19(27)16-10-15(24-25(16)17)12-4-2-1-3-5-12/h1-10H,11H2,(H,21,26)(H,23,27). The van der Waals surface area contributed by atoms with E-state index in [0.29, 0.717) is 27.7 Å². The first kappa shape index (κ1) is 17.0. The molecule has 7 nitrogen and oxygen atoms in total. The smallest absolute Gasteiger partial charge is 0.290 e. The Bertz CT molecular complexity index is 1170. The molecule has 0 bridgehead atoms. The van der Waals surface area contributed by atoms with Crippen molar-refractivity contribution in [2.75, 3.05) is 5.32 Å². The Morgan fingerprint density at radius 1 is 1.11 bits per heavy atom. The van der Waals surface area contributed by atoms with Crippen LogP contribution in [0, 0.1) is 0 Å². The first-order valence-corrected chi connectivity index (χ1v) is 8.56. The Morgan fingerprint density at radius 3 is 2.59 bits per heavy atom. The van der Waals surface area contributed by atoms with Crippen LogP contribution in [-0.4, -0.2) is 25.7 Å². The van der Waals surface area contributed by atoms with E-state index in [2.05, 4.69) is 20.6 Å². The molecule has 0 saturated heterocycles. The van der Waals surface area contributed by atoms with Gasteiger partial charge >= 0.3 is 0 Å². The van der Waals surface area contributed by atoms with Gasteiger partial charge in [-0.3, -0.25) is 9.59 Å². The number of benzene rings is 2. The predicted octanol–water partition coefficient (Wildman–Crippen LogP) is 2.92. The largest absolute Gasteiger partial charge is 0.326 e. The van der Waals surface area contributed by atoms with Crippen molar-refractivity contribution >= 4 is 28.7 Å². The van der Waals surface area contributed by atoms with Crippen molar-refractivity contribution < 1.29 is 4.79 Å². The van der Waals surface area contributed by atoms with Crippen molar-refractivity contribution in [1.29, 1.82) is 0 Å². The van der Waals surface area contributed by atoms with Crippen molar-refractivity contribution in [2.45, 2.75) is 6.42 Å². The fourth-order valence-corrected chi connectivity index (χ4v) is 2.83. The molecule has 2 heterocycles. The molecule has 134 valence electrons. The quantitative estimate of drug-likeness (QED) is 0.570. The number of carbonyl (C=O) groups excluding carboxylic acids is 1. The van der Waals surface area contributed by atoms with E-state index in [0.717, 1.165) is 5.56 Å². The van der Waals surface area contributed by atoms with E-state index >= 15 is 0 Å². The molecular weight excluding hydrogens is 366 g/mol. The summed E-state index contributed by atoms with van der Waals surface area (Å²) < 4.78 is 1.41. The minimum absolute atomic E-state index is 0.0498. The van der Waals surface area contributed by atoms with Crippen LogP contribution in [0.25, 0.3) is 16.8 Å². The molecule has 4 rings (SSSR count). The molecule has 2 aromatic carbocycles. The third kappa shape index (κ3) is 3.58. The van der Waals surface area contributed by atoms with Gasteiger partial charge in [0, 0.05) is 16.3 Å². The van der Waals surface area contributed by atoms with E-state index in [1.165, 1.54) is 4.52 Å². The summed E-state index contributed by atoms with van der Waals surface area (Å²) in [6.45, 7) is 0. The monoisotopic (exact) mass is 379 g/mol. The maximum Gasteiger partial charge on any atom is 0.290 e. The lowest BCUT2D eigenvalue weighted by atomic mass is 10.1. The number of nitrogens with one attached hydrogen (secondary N) is 2. The third-order valence-electron chi connectivity index (χ3n) is 3.99. The summed E-state index contributed by atoms with van der Waals surface area (Å²) in [6.07, 6.45) is -0.0498. The summed E-state index contributed by atoms with van der Waals surface area (Å²) in [5.41, 5.74) is 2.09. The highest BCUT2D eigenvalue weighted by Crippen LogP contribution is 2.18. The van der Waals surface area contributed by atoms with Crippen molar-refractivity contribution in [3.05, 3.63) is 81.9 Å². The number of carbonyl (C=O) groups is 1. The molecular formula is C19H14ClN5O2. The molecule has 0 aliphatic carbocycles. The van der Waals surface area contributed by atoms with Gasteiger partial charge in [-0.2, -0.15) is 10.2 Å². The fraction of sp³-hybridized carbons (Fsp3) is 0.0526. The van der Waals surface area contributed by atoms with Gasteiger partial charge in [0.2, 0.25) is 5.91 Å². The second kappa shape index (κ2) is 7.05. The summed E-state index contributed by atoms with van der Waals surface area (Å²) in [6, 6.07) is 17.9. The number of fused-ring (bicyclic) bond motifs is 1. The van der Waals surface area contributed by atoms with E-state index in [1.54, 1.807) is 30.3 Å². The van der Waals surface area contributed by atoms with Gasteiger partial charge in [-0.25, -0.2) is 9.61 Å². The highest BCUT2D eigenvalue weighted by Gasteiger charge is 2.14. The molecule has 0 unspecified atom stereocenters. The Morgan fingerprint density at radius 2 is 1.85 bits per heavy atom. The summed E-state index contributed by atoms with van der Waals surface area (Å²) >= 11 is 5.84. The SMILES string of the molecule is O=C(Cc1n[nH]c(=O)c2cc(-c3ccccc3)nn12)Nc1ccc(Cl)cc1. The predicted molar refractivity (Wildman–Crippen MR) is 103 cm³/mol. The highest BCUT2D eigenvalue weighted by molar-refractivity contribution is 6.30. The molecule has 0 aliphatic heterocycles. The Labute approximate surface area is 158 Å². The number of halogens is 1. The molecule has 0 aliphatic rings. The number of hydrogen-bond donors (Lipinski definition) is 2. The van der Waals surface area contributed by atoms with Crippen LogP contribution in [-0.2, 0) is 11.2 Å². The number of nitrogens with zero attached hydrogens (tertiary/aromatic N) is 3. The number of hydrogen-bond acceptors (Lipinski definition) is 4. The lowest BCUT2D eigenvalue weighted by molar-refractivity contribution is -0.115. The number of anilines is 1. The highest BCUT2D eigenvalue weighted by atomic mass is 35.5. The number of rotatable bonds is 4. The minimum Gasteiger partial charge on any atom is -0.326 e. The van der Waals surface area contributed by atoms with Gasteiger partial charge in [-0.15, -0.1) is 0 Å². The first-order chi connectivity index (χ1) is 13.1. The van der Waals surface area contributed by atoms with Crippen molar-refractivity contribution in [2.24, 2.45) is 0 Å². The van der Waals surface area contributed by atoms with E-state index in [9.17, 15) is 9.59 Å². The van der Waals surface area contributed by atoms with Crippen LogP contribution in [0.3, 0.4) is 0 Å². The zero-order chi connectivity index (χ0) is 18.8. The molecule has 2 aromatic heterocycles. The molecule has 8 heteroatoms. The zero-order valence-electron chi connectivity index (χ0n) is 14.0. The lowest BCUT2D eigenvalue weighted by Gasteiger charge is -2.06. The lowest BCUT2D eigenvalue weighted by Crippen LogP contribution is -2.22. The Balaban J connectivity index is 1.64. The van der Waals surface area contributed by atoms with Crippen molar-refractivity contribution in [3.8, 4) is 11.3 Å². The van der Waals surface area contributed by atoms with Gasteiger partial charge < -0.3 is 5.32 Å². The molecule has 1 amide bonds. The van der Waals surface area contributed by atoms with E-state index < -0.39 is 0 Å². The summed E-state index contributed by atoms with van der Waals surface area (Å²) in [4.78, 5) is 24.4. The minimum atomic E-state index is -0.369. The van der Waals surface area contributed by atoms with Gasteiger partial charge in [0.15, 0.2) is 5.82 Å². The first-order valence-electron chi connectivity index (χ1n) is 8.18. The van der Waals surface area contributed by atoms with Gasteiger partial charge in [-0.1, -0.05) is 41.9 Å². The molecule has 0 fully saturated rings. The maximum absolute atomic E-state index is 12.4. The molecule has 27 heavy (non-hydrogen) atoms. The summed E-state index contributed by atoms with van der Waals surface area (Å²) in [5.74, 6) is 0.0492. The average Bonchev–Trinajstić information content (AvgIpc) is 3.13. The van der Waals surface area contributed by atoms with Crippen molar-refractivity contribution in [3.63, 3.8) is 0 Å². The number of aromatic amines is 1. The number of H-pyrrole nitrogens is 1. The normalized spacial score (nSPS) is 10.9. The second-order valence-corrected chi connectivity index (χ2v) is 6.33. The van der Waals surface area contributed by atoms with Crippen LogP contribution in [0.4, 0.5) is 5.69 Å². The van der Waals surface area contributed by atoms with Gasteiger partial charge in [0.05, 0.1) is 12.1 Å². The fourth-order valence-electron chi connectivity index (χ4n) is 2.71. The topological polar surface area (TPSA) is 92.2 Å². The molecule has 0 atom stereocenters. The van der Waals surface area contributed by atoms with Crippen LogP contribution in [0.1, 0.15) is 5.82 Å². The van der Waals surface area contributed by atoms with Crippen LogP contribution in [0.2, 0.25) is 5.02 Å². The maximum atomic E-state index is 12.4. The Kier molecular flexibility index (Phi) is 4.43. The van der Waals surface area contributed by atoms with Crippen molar-refractivity contribution in [1.82, 2.24) is 19.8 Å². The number of amides is 1. The molecule has 2 N–H and O–H groups in total. The van der Waals surface area contributed by atoms with Crippen LogP contribution in [0.5, 0.6) is 0 Å².